The minimum Gasteiger partial charge on any atom is -0.477 e. The summed E-state index contributed by atoms with van der Waals surface area (Å²) in [5, 5.41) is 21.6. The first-order valence-electron chi connectivity index (χ1n) is 6.20. The summed E-state index contributed by atoms with van der Waals surface area (Å²) in [5.41, 5.74) is -0.0626. The molecule has 5 heteroatoms. The fourth-order valence-electron chi connectivity index (χ4n) is 1.82. The van der Waals surface area contributed by atoms with Crippen LogP contribution < -0.4 is 5.32 Å². The van der Waals surface area contributed by atoms with Gasteiger partial charge in [-0.1, -0.05) is 13.8 Å². The summed E-state index contributed by atoms with van der Waals surface area (Å²) >= 11 is 1.29. The van der Waals surface area contributed by atoms with Gasteiger partial charge in [0.2, 0.25) is 0 Å². The van der Waals surface area contributed by atoms with Crippen LogP contribution in [0, 0.1) is 5.41 Å². The lowest BCUT2D eigenvalue weighted by Gasteiger charge is -2.29. The molecule has 3 N–H and O–H groups in total. The Balaban J connectivity index is 2.47. The predicted molar refractivity (Wildman–Crippen MR) is 73.1 cm³/mol. The highest BCUT2D eigenvalue weighted by molar-refractivity contribution is 7.13. The number of carbonyl (C=O) groups is 1. The molecule has 0 aliphatic rings. The van der Waals surface area contributed by atoms with Gasteiger partial charge in [0.1, 0.15) is 4.88 Å². The fourth-order valence-corrected chi connectivity index (χ4v) is 2.63. The second kappa shape index (κ2) is 6.87. The highest BCUT2D eigenvalue weighted by Crippen LogP contribution is 2.24. The fraction of sp³-hybridized carbons (Fsp3) is 0.615. The first-order valence-corrected chi connectivity index (χ1v) is 7.02. The van der Waals surface area contributed by atoms with Crippen LogP contribution in [0.15, 0.2) is 12.1 Å². The molecule has 0 spiro atoms. The van der Waals surface area contributed by atoms with Crippen LogP contribution in [0.3, 0.4) is 0 Å². The van der Waals surface area contributed by atoms with Gasteiger partial charge in [0.15, 0.2) is 0 Å². The van der Waals surface area contributed by atoms with Crippen molar-refractivity contribution in [2.24, 2.45) is 5.41 Å². The van der Waals surface area contributed by atoms with E-state index in [2.05, 4.69) is 19.2 Å². The number of hydrogen-bond donors (Lipinski definition) is 3. The maximum Gasteiger partial charge on any atom is 0.345 e. The third-order valence-corrected chi connectivity index (χ3v) is 4.58. The topological polar surface area (TPSA) is 69.6 Å². The van der Waals surface area contributed by atoms with Crippen LogP contribution in [0.2, 0.25) is 0 Å². The Kier molecular flexibility index (Phi) is 5.78. The number of carboxylic acid groups (broad SMARTS) is 1. The molecule has 0 bridgehead atoms. The number of aliphatic hydroxyl groups excluding tert-OH is 1. The van der Waals surface area contributed by atoms with Gasteiger partial charge in [-0.2, -0.15) is 0 Å². The second-order valence-corrected chi connectivity index (χ2v) is 5.71. The van der Waals surface area contributed by atoms with Gasteiger partial charge in [0.25, 0.3) is 0 Å². The molecule has 4 nitrogen and oxygen atoms in total. The summed E-state index contributed by atoms with van der Waals surface area (Å²) in [5.74, 6) is -0.877. The lowest BCUT2D eigenvalue weighted by Crippen LogP contribution is -2.36. The first kappa shape index (κ1) is 15.1. The average Bonchev–Trinajstić information content (AvgIpc) is 2.84. The van der Waals surface area contributed by atoms with Crippen molar-refractivity contribution in [3.63, 3.8) is 0 Å². The molecule has 0 radical (unpaired) electrons. The normalized spacial score (nSPS) is 11.7. The maximum atomic E-state index is 10.7. The van der Waals surface area contributed by atoms with Crippen molar-refractivity contribution in [3.05, 3.63) is 21.9 Å². The van der Waals surface area contributed by atoms with Crippen molar-refractivity contribution in [2.45, 2.75) is 33.2 Å². The van der Waals surface area contributed by atoms with Crippen LogP contribution in [0.4, 0.5) is 0 Å². The predicted octanol–water partition coefficient (Wildman–Crippen LogP) is 2.33. The number of hydrogen-bond acceptors (Lipinski definition) is 4. The zero-order chi connectivity index (χ0) is 13.6. The van der Waals surface area contributed by atoms with Gasteiger partial charge in [-0.3, -0.25) is 0 Å². The van der Waals surface area contributed by atoms with Gasteiger partial charge in [-0.15, -0.1) is 11.3 Å². The van der Waals surface area contributed by atoms with Crippen molar-refractivity contribution >= 4 is 17.3 Å². The standard InChI is InChI=1S/C13H21NO3S/c1-3-13(4-2,9-15)8-14-7-10-5-6-11(18-10)12(16)17/h5-6,14-15H,3-4,7-9H2,1-2H3,(H,16,17). The van der Waals surface area contributed by atoms with Gasteiger partial charge < -0.3 is 15.5 Å². The monoisotopic (exact) mass is 271 g/mol. The molecular weight excluding hydrogens is 250 g/mol. The molecule has 0 aliphatic heterocycles. The summed E-state index contributed by atoms with van der Waals surface area (Å²) in [4.78, 5) is 12.1. The van der Waals surface area contributed by atoms with Crippen molar-refractivity contribution in [1.82, 2.24) is 5.32 Å². The van der Waals surface area contributed by atoms with E-state index in [1.165, 1.54) is 11.3 Å². The summed E-state index contributed by atoms with van der Waals surface area (Å²) in [6.07, 6.45) is 1.86. The molecule has 0 fully saturated rings. The highest BCUT2D eigenvalue weighted by atomic mass is 32.1. The van der Waals surface area contributed by atoms with Gasteiger partial charge >= 0.3 is 5.97 Å². The van der Waals surface area contributed by atoms with Crippen LogP contribution in [0.25, 0.3) is 0 Å². The zero-order valence-corrected chi connectivity index (χ0v) is 11.7. The highest BCUT2D eigenvalue weighted by Gasteiger charge is 2.24. The Morgan fingerprint density at radius 3 is 2.50 bits per heavy atom. The first-order chi connectivity index (χ1) is 8.56. The van der Waals surface area contributed by atoms with Gasteiger partial charge in [-0.05, 0) is 25.0 Å². The second-order valence-electron chi connectivity index (χ2n) is 4.54. The molecule has 0 aliphatic carbocycles. The van der Waals surface area contributed by atoms with Gasteiger partial charge in [0, 0.05) is 30.0 Å². The SMILES string of the molecule is CCC(CC)(CO)CNCc1ccc(C(=O)O)s1. The Labute approximate surface area is 112 Å². The van der Waals surface area contributed by atoms with Crippen LogP contribution in [-0.4, -0.2) is 29.3 Å². The third-order valence-electron chi connectivity index (χ3n) is 3.51. The van der Waals surface area contributed by atoms with Crippen molar-refractivity contribution in [2.75, 3.05) is 13.2 Å². The quantitative estimate of drug-likeness (QED) is 0.679. The molecule has 0 unspecified atom stereocenters. The number of aliphatic hydroxyl groups is 1. The van der Waals surface area contributed by atoms with E-state index in [9.17, 15) is 9.90 Å². The average molecular weight is 271 g/mol. The Hall–Kier alpha value is -0.910. The molecule has 1 heterocycles. The van der Waals surface area contributed by atoms with Gasteiger partial charge in [-0.25, -0.2) is 4.79 Å². The molecule has 1 aromatic rings. The van der Waals surface area contributed by atoms with Crippen molar-refractivity contribution < 1.29 is 15.0 Å². The third kappa shape index (κ3) is 3.80. The summed E-state index contributed by atoms with van der Waals surface area (Å²) in [6, 6.07) is 3.46. The number of rotatable bonds is 8. The molecular formula is C13H21NO3S. The van der Waals surface area contributed by atoms with E-state index in [4.69, 9.17) is 5.11 Å². The van der Waals surface area contributed by atoms with Crippen LogP contribution in [-0.2, 0) is 6.54 Å². The van der Waals surface area contributed by atoms with E-state index in [-0.39, 0.29) is 12.0 Å². The zero-order valence-electron chi connectivity index (χ0n) is 10.9. The van der Waals surface area contributed by atoms with Gasteiger partial charge in [0.05, 0.1) is 0 Å². The molecule has 1 rings (SSSR count). The largest absolute Gasteiger partial charge is 0.477 e. The summed E-state index contributed by atoms with van der Waals surface area (Å²) in [7, 11) is 0. The molecule has 102 valence electrons. The summed E-state index contributed by atoms with van der Waals surface area (Å²) in [6.45, 7) is 5.73. The van der Waals surface area contributed by atoms with E-state index in [1.807, 2.05) is 6.07 Å². The van der Waals surface area contributed by atoms with E-state index in [1.54, 1.807) is 6.07 Å². The van der Waals surface area contributed by atoms with Crippen LogP contribution in [0.1, 0.15) is 41.2 Å². The molecule has 0 amide bonds. The number of nitrogens with one attached hydrogen (secondary N) is 1. The smallest absolute Gasteiger partial charge is 0.345 e. The van der Waals surface area contributed by atoms with Crippen LogP contribution >= 0.6 is 11.3 Å². The van der Waals surface area contributed by atoms with E-state index < -0.39 is 5.97 Å². The minimum atomic E-state index is -0.877. The molecule has 1 aromatic heterocycles. The Morgan fingerprint density at radius 1 is 1.39 bits per heavy atom. The Bertz CT molecular complexity index is 377. The minimum absolute atomic E-state index is 0.0626. The lowest BCUT2D eigenvalue weighted by molar-refractivity contribution is 0.0702. The number of carboxylic acids is 1. The molecule has 0 atom stereocenters. The maximum absolute atomic E-state index is 10.7. The summed E-state index contributed by atoms with van der Waals surface area (Å²) < 4.78 is 0. The molecule has 18 heavy (non-hydrogen) atoms. The molecule has 0 aromatic carbocycles. The lowest BCUT2D eigenvalue weighted by atomic mass is 9.83. The molecule has 0 saturated carbocycles. The number of aromatic carboxylic acids is 1. The molecule has 0 saturated heterocycles. The van der Waals surface area contributed by atoms with Crippen molar-refractivity contribution in [3.8, 4) is 0 Å². The van der Waals surface area contributed by atoms with E-state index in [0.717, 1.165) is 24.3 Å². The van der Waals surface area contributed by atoms with E-state index >= 15 is 0 Å². The van der Waals surface area contributed by atoms with E-state index in [0.29, 0.717) is 11.4 Å². The number of thiophene rings is 1. The Morgan fingerprint density at radius 2 is 2.06 bits per heavy atom. The van der Waals surface area contributed by atoms with Crippen molar-refractivity contribution in [1.29, 1.82) is 0 Å². The van der Waals surface area contributed by atoms with Crippen LogP contribution in [0.5, 0.6) is 0 Å².